The summed E-state index contributed by atoms with van der Waals surface area (Å²) in [7, 11) is -24.0. The molecule has 1 aromatic heterocycles. The summed E-state index contributed by atoms with van der Waals surface area (Å²) in [6.07, 6.45) is 1.47. The van der Waals surface area contributed by atoms with Crippen LogP contribution in [0.25, 0.3) is 33.7 Å². The Morgan fingerprint density at radius 2 is 1.23 bits per heavy atom. The van der Waals surface area contributed by atoms with Crippen molar-refractivity contribution in [2.45, 2.75) is 89.3 Å². The van der Waals surface area contributed by atoms with E-state index in [9.17, 15) is 89.4 Å². The number of rotatable bonds is 22. The number of hydrogen-bond acceptors (Lipinski definition) is 19. The molecule has 436 valence electrons. The summed E-state index contributed by atoms with van der Waals surface area (Å²) in [5, 5.41) is 18.6. The lowest BCUT2D eigenvalue weighted by atomic mass is 9.73. The summed E-state index contributed by atoms with van der Waals surface area (Å²) in [5.41, 5.74) is -3.81. The fourth-order valence-electron chi connectivity index (χ4n) is 11.1. The molecule has 7 N–H and O–H groups in total. The van der Waals surface area contributed by atoms with Crippen molar-refractivity contribution < 1.29 is 98.7 Å². The number of aromatic hydroxyl groups is 2. The maximum atomic E-state index is 14.8. The zero-order valence-electron chi connectivity index (χ0n) is 43.3. The number of fused-ring (bicyclic) bond motifs is 6. The highest BCUT2D eigenvalue weighted by molar-refractivity contribution is 7.87. The van der Waals surface area contributed by atoms with Crippen LogP contribution in [-0.4, -0.2) is 148 Å². The van der Waals surface area contributed by atoms with Crippen molar-refractivity contribution in [3.05, 3.63) is 103 Å². The molecule has 6 aromatic rings. The third kappa shape index (κ3) is 11.5. The van der Waals surface area contributed by atoms with Crippen LogP contribution in [0.1, 0.15) is 64.0 Å². The van der Waals surface area contributed by atoms with Crippen molar-refractivity contribution in [1.82, 2.24) is 4.73 Å². The van der Waals surface area contributed by atoms with E-state index in [1.807, 2.05) is 0 Å². The first-order valence-corrected chi connectivity index (χ1v) is 31.8. The van der Waals surface area contributed by atoms with Gasteiger partial charge in [0.1, 0.15) is 16.3 Å². The summed E-state index contributed by atoms with van der Waals surface area (Å²) in [4.78, 5) is 45.9. The number of hydrogen-bond donors (Lipinski definition) is 7. The summed E-state index contributed by atoms with van der Waals surface area (Å²) < 4.78 is 190. The lowest BCUT2D eigenvalue weighted by Crippen LogP contribution is -2.66. The lowest BCUT2D eigenvalue weighted by molar-refractivity contribution is -0.437. The molecule has 5 aromatic carbocycles. The average Bonchev–Trinajstić information content (AvgIpc) is 2.31. The van der Waals surface area contributed by atoms with Gasteiger partial charge >= 0.3 is 5.97 Å². The van der Waals surface area contributed by atoms with Crippen molar-refractivity contribution in [2.24, 2.45) is 0 Å². The topological polar surface area (TPSA) is 402 Å². The number of ether oxygens (including phenoxy) is 2. The molecule has 0 radical (unpaired) electrons. The Bertz CT molecular complexity index is 4400. The maximum Gasteiger partial charge on any atom is 0.333 e. The lowest BCUT2D eigenvalue weighted by Gasteiger charge is -2.35. The smallest absolute Gasteiger partial charge is 0.333 e. The zero-order valence-corrected chi connectivity index (χ0v) is 47.4. The van der Waals surface area contributed by atoms with Gasteiger partial charge in [0.15, 0.2) is 5.71 Å². The zero-order chi connectivity index (χ0) is 59.7. The Kier molecular flexibility index (Phi) is 16.2. The summed E-state index contributed by atoms with van der Waals surface area (Å²) in [5.74, 6) is -2.97. The van der Waals surface area contributed by atoms with E-state index in [4.69, 9.17) is 14.3 Å². The Morgan fingerprint density at radius 1 is 0.679 bits per heavy atom. The minimum absolute atomic E-state index is 0.0579. The van der Waals surface area contributed by atoms with Gasteiger partial charge in [-0.05, 0) is 91.9 Å². The maximum absolute atomic E-state index is 14.8. The molecule has 0 amide bonds. The number of benzene rings is 4. The molecular formula is C50H54N3O23S5+. The van der Waals surface area contributed by atoms with E-state index in [0.29, 0.717) is 16.9 Å². The van der Waals surface area contributed by atoms with Gasteiger partial charge in [-0.25, -0.2) is 4.79 Å². The van der Waals surface area contributed by atoms with Crippen LogP contribution in [-0.2, 0) is 75.7 Å². The molecule has 0 fully saturated rings. The summed E-state index contributed by atoms with van der Waals surface area (Å²) in [6, 6.07) is 9.43. The molecule has 0 bridgehead atoms. The van der Waals surface area contributed by atoms with Gasteiger partial charge in [0, 0.05) is 78.4 Å². The van der Waals surface area contributed by atoms with Crippen LogP contribution in [0, 0.1) is 0 Å². The second-order valence-electron chi connectivity index (χ2n) is 19.8. The highest BCUT2D eigenvalue weighted by atomic mass is 32.2. The molecule has 0 saturated carbocycles. The molecule has 81 heavy (non-hydrogen) atoms. The standard InChI is InChI=1S/C50H53N3O23S5/c1-5-51-36-11-9-30-32(22-28(78(62,63)64)24-38(30)80(68,69)70)45(36)49(2,15-7-21-77(59,60)61)40(51)26-34-47(57)35(48(34)58)27-41-50(3,16-18-75-20-19-74-4)46-33-23-29(79(65,66)67)25-39(81(71,72)73)31(33)10-12-37(46)52(41)17-6-8-44(56)76-53-42(54)13-14-43(53)55/h9-14,22-27,40H,5-8,15-21H2,1-4H3,(H6,57,58,59,60,61,62,63,64,65,66,67,68,69,70,71,72,73)/p+1. The largest absolute Gasteiger partial charge is 0.492 e. The van der Waals surface area contributed by atoms with Crippen molar-refractivity contribution in [3.63, 3.8) is 0 Å². The molecular weight excluding hydrogens is 1170 g/mol. The second-order valence-corrected chi connectivity index (χ2v) is 27.0. The van der Waals surface area contributed by atoms with E-state index in [1.165, 1.54) is 43.5 Å². The van der Waals surface area contributed by atoms with Gasteiger partial charge in [0.25, 0.3) is 50.6 Å². The van der Waals surface area contributed by atoms with Crippen molar-refractivity contribution in [1.29, 1.82) is 0 Å². The third-order valence-corrected chi connectivity index (χ3v) is 19.0. The fourth-order valence-corrected chi connectivity index (χ4v) is 14.3. The fraction of sp³-hybridized carbons (Fsp3) is 0.360. The molecule has 8 rings (SSSR count). The minimum Gasteiger partial charge on any atom is -0.492 e. The minimum atomic E-state index is -5.23. The Balaban J connectivity index is 1.36. The number of anilines is 1. The van der Waals surface area contributed by atoms with Crippen LogP contribution >= 0.6 is 0 Å². The molecule has 26 nitrogen and oxygen atoms in total. The normalized spacial score (nSPS) is 18.7. The van der Waals surface area contributed by atoms with Crippen molar-refractivity contribution in [2.75, 3.05) is 50.7 Å². The molecule has 0 spiro atoms. The number of nitrogens with zero attached hydrogens (tertiary/aromatic N) is 3. The first-order valence-electron chi connectivity index (χ1n) is 24.5. The first kappa shape index (κ1) is 60.6. The predicted molar refractivity (Wildman–Crippen MR) is 290 cm³/mol. The second kappa shape index (κ2) is 21.7. The highest BCUT2D eigenvalue weighted by Gasteiger charge is 2.51. The number of carbonyl (C=O) groups is 1. The molecule has 3 atom stereocenters. The molecule has 31 heteroatoms. The van der Waals surface area contributed by atoms with Crippen molar-refractivity contribution in [3.8, 4) is 11.8 Å². The van der Waals surface area contributed by atoms with Gasteiger partial charge in [-0.3, -0.25) is 32.4 Å². The van der Waals surface area contributed by atoms with Crippen LogP contribution in [0.3, 0.4) is 0 Å². The van der Waals surface area contributed by atoms with Crippen LogP contribution in [0.2, 0.25) is 0 Å². The molecule has 2 aliphatic heterocycles. The first-order chi connectivity index (χ1) is 37.6. The molecule has 0 saturated heterocycles. The van der Waals surface area contributed by atoms with Gasteiger partial charge in [-0.1, -0.05) is 13.0 Å². The van der Waals surface area contributed by atoms with Crippen LogP contribution in [0.5, 0.6) is 11.8 Å². The van der Waals surface area contributed by atoms with Gasteiger partial charge in [0.05, 0.1) is 57.1 Å². The predicted octanol–water partition coefficient (Wildman–Crippen LogP) is 1.73. The Hall–Kier alpha value is -6.49. The van der Waals surface area contributed by atoms with Crippen LogP contribution in [0.15, 0.2) is 89.8 Å². The third-order valence-electron chi connectivity index (χ3n) is 14.8. The van der Waals surface area contributed by atoms with Crippen LogP contribution in [0.4, 0.5) is 11.4 Å². The monoisotopic (exact) mass is 1220 g/mol. The van der Waals surface area contributed by atoms with E-state index in [2.05, 4.69) is 0 Å². The number of carbonyl (C=O) groups excluding carboxylic acids is 1. The van der Waals surface area contributed by atoms with Crippen molar-refractivity contribution >= 4 is 107 Å². The number of likely N-dealkylation sites (N-methyl/N-ethyl adjacent to an activating group) is 1. The van der Waals surface area contributed by atoms with Gasteiger partial charge in [0.2, 0.25) is 28.3 Å². The number of methoxy groups -OCH3 is 1. The summed E-state index contributed by atoms with van der Waals surface area (Å²) >= 11 is 0. The Labute approximate surface area is 462 Å². The van der Waals surface area contributed by atoms with E-state index in [0.717, 1.165) is 24.3 Å². The quantitative estimate of drug-likeness (QED) is 0.0289. The Morgan fingerprint density at radius 3 is 1.75 bits per heavy atom. The molecule has 3 unspecified atom stereocenters. The van der Waals surface area contributed by atoms with E-state index >= 15 is 0 Å². The van der Waals surface area contributed by atoms with E-state index in [1.54, 1.807) is 30.2 Å². The van der Waals surface area contributed by atoms with E-state index < -0.39 is 138 Å². The number of aromatic nitrogens is 1. The SMILES string of the molecule is CCN1c2ccc3c(S(=O)(=O)O)cc(S(=O)(=O)O)cc3c2C(C)(CCCS(=O)(=O)O)C1C=c1c(=O)c(=CC2=[N+](CCCC(=O)On3c(O)ccc3O)c3ccc4c(S(=O)(=O)O)cc(S(=O)(=O)O)cc4c3C2(C)CCOCCOC)c1=O. The van der Waals surface area contributed by atoms with Gasteiger partial charge in [-0.15, -0.1) is 4.73 Å². The van der Waals surface area contributed by atoms with E-state index in [-0.39, 0.29) is 108 Å². The average molecular weight is 1230 g/mol. The highest BCUT2D eigenvalue weighted by Crippen LogP contribution is 2.53. The van der Waals surface area contributed by atoms with Gasteiger partial charge < -0.3 is 29.4 Å². The molecule has 0 aliphatic carbocycles. The summed E-state index contributed by atoms with van der Waals surface area (Å²) in [6.45, 7) is 4.85. The van der Waals surface area contributed by atoms with Gasteiger partial charge in [-0.2, -0.15) is 46.7 Å². The molecule has 3 heterocycles. The van der Waals surface area contributed by atoms with Crippen LogP contribution < -0.4 is 31.0 Å². The molecule has 2 aliphatic rings.